The molecular formula is C23H28N2O2. The Bertz CT molecular complexity index is 771. The third-order valence-corrected chi connectivity index (χ3v) is 5.26. The average molecular weight is 364 g/mol. The Morgan fingerprint density at radius 1 is 1.04 bits per heavy atom. The number of benzene rings is 2. The summed E-state index contributed by atoms with van der Waals surface area (Å²) in [6.07, 6.45) is 1.29. The summed E-state index contributed by atoms with van der Waals surface area (Å²) in [6, 6.07) is 18.1. The van der Waals surface area contributed by atoms with Gasteiger partial charge in [0.2, 0.25) is 11.8 Å². The summed E-state index contributed by atoms with van der Waals surface area (Å²) in [5, 5.41) is 3.02. The molecular weight excluding hydrogens is 336 g/mol. The summed E-state index contributed by atoms with van der Waals surface area (Å²) < 4.78 is 0. The van der Waals surface area contributed by atoms with Crippen LogP contribution in [0.2, 0.25) is 0 Å². The molecule has 1 heterocycles. The molecule has 0 radical (unpaired) electrons. The number of carbonyl (C=O) groups is 2. The molecule has 1 aliphatic heterocycles. The molecule has 2 unspecified atom stereocenters. The number of rotatable bonds is 6. The molecule has 1 fully saturated rings. The molecule has 0 spiro atoms. The molecule has 0 saturated carbocycles. The number of carbonyl (C=O) groups excluding carboxylic acids is 2. The van der Waals surface area contributed by atoms with Gasteiger partial charge in [-0.2, -0.15) is 0 Å². The van der Waals surface area contributed by atoms with Crippen LogP contribution in [-0.2, 0) is 16.0 Å². The Morgan fingerprint density at radius 2 is 1.74 bits per heavy atom. The molecule has 2 aromatic rings. The number of nitrogens with zero attached hydrogens (tertiary/aromatic N) is 1. The third kappa shape index (κ3) is 4.76. The third-order valence-electron chi connectivity index (χ3n) is 5.26. The lowest BCUT2D eigenvalue weighted by Crippen LogP contribution is -2.36. The molecule has 27 heavy (non-hydrogen) atoms. The van der Waals surface area contributed by atoms with E-state index >= 15 is 0 Å². The minimum absolute atomic E-state index is 0.0437. The molecule has 1 saturated heterocycles. The van der Waals surface area contributed by atoms with Crippen molar-refractivity contribution in [2.75, 3.05) is 19.6 Å². The standard InChI is InChI=1S/C23H28N2O2/c1-3-13-24-23(27)21-16-25(22(26)14-18-7-5-4-6-8-18)15-20(21)19-11-9-17(2)10-12-19/h4-12,20-21H,3,13-16H2,1-2H3,(H,24,27). The van der Waals surface area contributed by atoms with Crippen LogP contribution in [0.3, 0.4) is 0 Å². The predicted molar refractivity (Wildman–Crippen MR) is 107 cm³/mol. The van der Waals surface area contributed by atoms with E-state index in [2.05, 4.69) is 36.5 Å². The molecule has 2 amide bonds. The van der Waals surface area contributed by atoms with Gasteiger partial charge in [0.15, 0.2) is 0 Å². The van der Waals surface area contributed by atoms with Crippen molar-refractivity contribution < 1.29 is 9.59 Å². The van der Waals surface area contributed by atoms with Crippen molar-refractivity contribution in [3.8, 4) is 0 Å². The van der Waals surface area contributed by atoms with Gasteiger partial charge in [0, 0.05) is 25.6 Å². The van der Waals surface area contributed by atoms with Gasteiger partial charge >= 0.3 is 0 Å². The van der Waals surface area contributed by atoms with Crippen molar-refractivity contribution in [3.05, 3.63) is 71.3 Å². The first-order chi connectivity index (χ1) is 13.1. The smallest absolute Gasteiger partial charge is 0.227 e. The second-order valence-corrected chi connectivity index (χ2v) is 7.38. The quantitative estimate of drug-likeness (QED) is 0.855. The van der Waals surface area contributed by atoms with Gasteiger partial charge in [-0.25, -0.2) is 0 Å². The van der Waals surface area contributed by atoms with Crippen molar-refractivity contribution in [1.29, 1.82) is 0 Å². The Morgan fingerprint density at radius 3 is 2.41 bits per heavy atom. The van der Waals surface area contributed by atoms with Gasteiger partial charge in [-0.15, -0.1) is 0 Å². The Kier molecular flexibility index (Phi) is 6.28. The zero-order valence-corrected chi connectivity index (χ0v) is 16.2. The number of likely N-dealkylation sites (tertiary alicyclic amines) is 1. The van der Waals surface area contributed by atoms with E-state index in [1.807, 2.05) is 42.2 Å². The van der Waals surface area contributed by atoms with E-state index in [1.165, 1.54) is 5.56 Å². The van der Waals surface area contributed by atoms with E-state index in [4.69, 9.17) is 0 Å². The maximum atomic E-state index is 12.8. The molecule has 2 aromatic carbocycles. The summed E-state index contributed by atoms with van der Waals surface area (Å²) in [5.41, 5.74) is 3.33. The Hall–Kier alpha value is -2.62. The van der Waals surface area contributed by atoms with E-state index in [-0.39, 0.29) is 23.7 Å². The topological polar surface area (TPSA) is 49.4 Å². The molecule has 1 aliphatic rings. The Labute approximate surface area is 161 Å². The number of amides is 2. The van der Waals surface area contributed by atoms with E-state index in [0.717, 1.165) is 17.5 Å². The zero-order valence-electron chi connectivity index (χ0n) is 16.2. The molecule has 0 aromatic heterocycles. The summed E-state index contributed by atoms with van der Waals surface area (Å²) in [7, 11) is 0. The van der Waals surface area contributed by atoms with Crippen molar-refractivity contribution in [1.82, 2.24) is 10.2 Å². The summed E-state index contributed by atoms with van der Waals surface area (Å²) in [6.45, 7) is 5.86. The average Bonchev–Trinajstić information content (AvgIpc) is 3.13. The molecule has 1 N–H and O–H groups in total. The molecule has 142 valence electrons. The van der Waals surface area contributed by atoms with Gasteiger partial charge in [0.25, 0.3) is 0 Å². The highest BCUT2D eigenvalue weighted by Gasteiger charge is 2.40. The molecule has 3 rings (SSSR count). The molecule has 4 heteroatoms. The summed E-state index contributed by atoms with van der Waals surface area (Å²) in [4.78, 5) is 27.4. The van der Waals surface area contributed by atoms with Crippen LogP contribution < -0.4 is 5.32 Å². The second-order valence-electron chi connectivity index (χ2n) is 7.38. The van der Waals surface area contributed by atoms with E-state index in [9.17, 15) is 9.59 Å². The van der Waals surface area contributed by atoms with Gasteiger partial charge in [0.1, 0.15) is 0 Å². The van der Waals surface area contributed by atoms with Crippen LogP contribution >= 0.6 is 0 Å². The first-order valence-electron chi connectivity index (χ1n) is 9.74. The highest BCUT2D eigenvalue weighted by Crippen LogP contribution is 2.33. The maximum absolute atomic E-state index is 12.8. The fourth-order valence-corrected chi connectivity index (χ4v) is 3.69. The van der Waals surface area contributed by atoms with Crippen LogP contribution in [0.15, 0.2) is 54.6 Å². The van der Waals surface area contributed by atoms with Crippen LogP contribution in [0, 0.1) is 12.8 Å². The highest BCUT2D eigenvalue weighted by atomic mass is 16.2. The van der Waals surface area contributed by atoms with Gasteiger partial charge < -0.3 is 10.2 Å². The first-order valence-corrected chi connectivity index (χ1v) is 9.74. The van der Waals surface area contributed by atoms with E-state index < -0.39 is 0 Å². The van der Waals surface area contributed by atoms with Crippen LogP contribution in [-0.4, -0.2) is 36.3 Å². The van der Waals surface area contributed by atoms with E-state index in [1.54, 1.807) is 0 Å². The van der Waals surface area contributed by atoms with Crippen LogP contribution in [0.5, 0.6) is 0 Å². The van der Waals surface area contributed by atoms with Gasteiger partial charge in [0.05, 0.1) is 12.3 Å². The lowest BCUT2D eigenvalue weighted by atomic mass is 9.88. The number of hydrogen-bond donors (Lipinski definition) is 1. The van der Waals surface area contributed by atoms with Crippen LogP contribution in [0.1, 0.15) is 36.0 Å². The minimum Gasteiger partial charge on any atom is -0.356 e. The molecule has 0 bridgehead atoms. The summed E-state index contributed by atoms with van der Waals surface area (Å²) in [5.74, 6) is -0.0114. The number of aryl methyl sites for hydroxylation is 1. The molecule has 2 atom stereocenters. The highest BCUT2D eigenvalue weighted by molar-refractivity contribution is 5.84. The van der Waals surface area contributed by atoms with Gasteiger partial charge in [-0.1, -0.05) is 67.1 Å². The first kappa shape index (κ1) is 19.2. The minimum atomic E-state index is -0.195. The van der Waals surface area contributed by atoms with Crippen LogP contribution in [0.4, 0.5) is 0 Å². The largest absolute Gasteiger partial charge is 0.356 e. The second kappa shape index (κ2) is 8.85. The predicted octanol–water partition coefficient (Wildman–Crippen LogP) is 3.31. The fraction of sp³-hybridized carbons (Fsp3) is 0.391. The van der Waals surface area contributed by atoms with Crippen molar-refractivity contribution >= 4 is 11.8 Å². The monoisotopic (exact) mass is 364 g/mol. The number of nitrogens with one attached hydrogen (secondary N) is 1. The van der Waals surface area contributed by atoms with Crippen LogP contribution in [0.25, 0.3) is 0 Å². The normalized spacial score (nSPS) is 19.1. The fourth-order valence-electron chi connectivity index (χ4n) is 3.69. The molecule has 0 aliphatic carbocycles. The van der Waals surface area contributed by atoms with E-state index in [0.29, 0.717) is 26.1 Å². The van der Waals surface area contributed by atoms with Gasteiger partial charge in [-0.05, 0) is 24.5 Å². The SMILES string of the molecule is CCCNC(=O)C1CN(C(=O)Cc2ccccc2)CC1c1ccc(C)cc1. The maximum Gasteiger partial charge on any atom is 0.227 e. The summed E-state index contributed by atoms with van der Waals surface area (Å²) >= 11 is 0. The lowest BCUT2D eigenvalue weighted by Gasteiger charge is -2.18. The van der Waals surface area contributed by atoms with Crippen molar-refractivity contribution in [2.24, 2.45) is 5.92 Å². The molecule has 4 nitrogen and oxygen atoms in total. The number of hydrogen-bond acceptors (Lipinski definition) is 2. The lowest BCUT2D eigenvalue weighted by molar-refractivity contribution is -0.130. The van der Waals surface area contributed by atoms with Crippen molar-refractivity contribution in [3.63, 3.8) is 0 Å². The van der Waals surface area contributed by atoms with Gasteiger partial charge in [-0.3, -0.25) is 9.59 Å². The zero-order chi connectivity index (χ0) is 19.2. The van der Waals surface area contributed by atoms with Crippen molar-refractivity contribution in [2.45, 2.75) is 32.6 Å². The Balaban J connectivity index is 1.76.